The largest absolute Gasteiger partial charge is 1.00 e. The van der Waals surface area contributed by atoms with Crippen molar-refractivity contribution in [2.24, 2.45) is 4.99 Å². The molecule has 0 aromatic heterocycles. The Balaban J connectivity index is 0.00000243. The van der Waals surface area contributed by atoms with E-state index in [0.717, 1.165) is 11.4 Å². The molecule has 0 radical (unpaired) electrons. The maximum absolute atomic E-state index is 11.3. The number of anilines is 2. The second-order valence-electron chi connectivity index (χ2n) is 5.29. The fourth-order valence-electron chi connectivity index (χ4n) is 2.28. The van der Waals surface area contributed by atoms with E-state index < -0.39 is 10.1 Å². The van der Waals surface area contributed by atoms with Crippen molar-refractivity contribution in [1.29, 1.82) is 0 Å². The molecule has 0 aliphatic rings. The van der Waals surface area contributed by atoms with Gasteiger partial charge in [-0.25, -0.2) is 8.42 Å². The number of benzene rings is 3. The zero-order valence-corrected chi connectivity index (χ0v) is 17.0. The fraction of sp³-hybridized carbons (Fsp3) is 0. The van der Waals surface area contributed by atoms with Crippen LogP contribution in [-0.2, 0) is 10.1 Å². The first-order chi connectivity index (χ1) is 12.0. The Hall–Kier alpha value is -1.96. The molecule has 3 aromatic carbocycles. The summed E-state index contributed by atoms with van der Waals surface area (Å²) in [5, 5.41) is 3.26. The van der Waals surface area contributed by atoms with E-state index >= 15 is 0 Å². The molecule has 0 unspecified atom stereocenters. The van der Waals surface area contributed by atoms with Crippen molar-refractivity contribution in [1.82, 2.24) is 0 Å². The summed E-state index contributed by atoms with van der Waals surface area (Å²) in [4.78, 5) is 3.97. The number of nitrogens with zero attached hydrogens (tertiary/aromatic N) is 1. The van der Waals surface area contributed by atoms with Gasteiger partial charge in [0.2, 0.25) is 0 Å². The van der Waals surface area contributed by atoms with Gasteiger partial charge in [0.1, 0.15) is 10.1 Å². The van der Waals surface area contributed by atoms with Crippen molar-refractivity contribution < 1.29 is 42.5 Å². The van der Waals surface area contributed by atoms with Crippen LogP contribution < -0.4 is 34.9 Å². The predicted molar refractivity (Wildman–Crippen MR) is 97.8 cm³/mol. The minimum atomic E-state index is -4.53. The number of para-hydroxylation sites is 1. The molecule has 0 saturated carbocycles. The van der Waals surface area contributed by atoms with E-state index in [-0.39, 0.29) is 40.0 Å². The van der Waals surface area contributed by atoms with Crippen molar-refractivity contribution in [2.75, 3.05) is 5.32 Å². The molecule has 0 saturated heterocycles. The summed E-state index contributed by atoms with van der Waals surface area (Å²) >= 11 is 0. The quantitative estimate of drug-likeness (QED) is 0.412. The fourth-order valence-corrected chi connectivity index (χ4v) is 2.93. The number of hydrogen-bond donors (Lipinski definition) is 1. The van der Waals surface area contributed by atoms with E-state index in [1.165, 1.54) is 18.3 Å². The van der Waals surface area contributed by atoms with Gasteiger partial charge in [0.15, 0.2) is 0 Å². The molecule has 0 aliphatic carbocycles. The third-order valence-electron chi connectivity index (χ3n) is 3.47. The molecule has 26 heavy (non-hydrogen) atoms. The summed E-state index contributed by atoms with van der Waals surface area (Å²) in [6.45, 7) is 0. The summed E-state index contributed by atoms with van der Waals surface area (Å²) in [5.41, 5.74) is 2.81. The van der Waals surface area contributed by atoms with Gasteiger partial charge < -0.3 is 9.87 Å². The van der Waals surface area contributed by atoms with Crippen LogP contribution in [0.3, 0.4) is 0 Å². The van der Waals surface area contributed by atoms with Gasteiger partial charge in [-0.05, 0) is 42.5 Å². The molecule has 1 N–H and O–H groups in total. The standard InChI is InChI=1S/C19H16N2O3S.Na/c22-25(23,24)19-9-5-4-6-15(19)14-20-16-10-12-18(13-11-16)21-17-7-2-1-3-8-17;/h1-14,21H,(H,22,23,24);/q;+1/p-1. The van der Waals surface area contributed by atoms with Crippen molar-refractivity contribution in [3.05, 3.63) is 84.4 Å². The van der Waals surface area contributed by atoms with Crippen LogP contribution in [0, 0.1) is 0 Å². The smallest absolute Gasteiger partial charge is 0.744 e. The molecule has 126 valence electrons. The molecule has 5 nitrogen and oxygen atoms in total. The van der Waals surface area contributed by atoms with Crippen molar-refractivity contribution in [2.45, 2.75) is 4.90 Å². The third-order valence-corrected chi connectivity index (χ3v) is 4.38. The summed E-state index contributed by atoms with van der Waals surface area (Å²) in [6, 6.07) is 23.1. The van der Waals surface area contributed by atoms with Crippen LogP contribution in [0.15, 0.2) is 88.8 Å². The monoisotopic (exact) mass is 374 g/mol. The number of aliphatic imine (C=N–C) groups is 1. The molecule has 0 fully saturated rings. The summed E-state index contributed by atoms with van der Waals surface area (Å²) in [7, 11) is -4.53. The van der Waals surface area contributed by atoms with Crippen LogP contribution in [-0.4, -0.2) is 19.2 Å². The summed E-state index contributed by atoms with van der Waals surface area (Å²) in [5.74, 6) is 0. The molecule has 0 amide bonds. The SMILES string of the molecule is O=S(=O)([O-])c1ccccc1C=Nc1ccc(Nc2ccccc2)cc1.[Na+]. The van der Waals surface area contributed by atoms with Crippen LogP contribution >= 0.6 is 0 Å². The Morgan fingerprint density at radius 3 is 2.04 bits per heavy atom. The minimum absolute atomic E-state index is 0. The predicted octanol–water partition coefficient (Wildman–Crippen LogP) is 1.09. The van der Waals surface area contributed by atoms with Gasteiger partial charge in [0.05, 0.1) is 10.6 Å². The van der Waals surface area contributed by atoms with Crippen LogP contribution in [0.5, 0.6) is 0 Å². The Bertz CT molecular complexity index is 989. The maximum atomic E-state index is 11.3. The normalized spacial score (nSPS) is 11.1. The van der Waals surface area contributed by atoms with E-state index in [1.807, 2.05) is 42.5 Å². The average molecular weight is 374 g/mol. The minimum Gasteiger partial charge on any atom is -0.744 e. The van der Waals surface area contributed by atoms with Gasteiger partial charge in [0.25, 0.3) is 0 Å². The van der Waals surface area contributed by atoms with Gasteiger partial charge in [-0.15, -0.1) is 0 Å². The molecule has 0 spiro atoms. The van der Waals surface area contributed by atoms with Crippen LogP contribution in [0.1, 0.15) is 5.56 Å². The molecule has 0 aliphatic heterocycles. The van der Waals surface area contributed by atoms with Gasteiger partial charge in [0, 0.05) is 23.2 Å². The van der Waals surface area contributed by atoms with Gasteiger partial charge in [-0.1, -0.05) is 36.4 Å². The first-order valence-electron chi connectivity index (χ1n) is 7.53. The maximum Gasteiger partial charge on any atom is 1.00 e. The molecule has 0 heterocycles. The van der Waals surface area contributed by atoms with Crippen LogP contribution in [0.25, 0.3) is 0 Å². The molecular formula is C19H15N2NaO3S. The molecule has 0 bridgehead atoms. The van der Waals surface area contributed by atoms with E-state index in [2.05, 4.69) is 10.3 Å². The number of rotatable bonds is 5. The summed E-state index contributed by atoms with van der Waals surface area (Å²) in [6.07, 6.45) is 1.38. The van der Waals surface area contributed by atoms with Crippen LogP contribution in [0.2, 0.25) is 0 Å². The van der Waals surface area contributed by atoms with Gasteiger partial charge in [-0.2, -0.15) is 0 Å². The molecule has 0 atom stereocenters. The molecular weight excluding hydrogens is 359 g/mol. The second kappa shape index (κ2) is 9.12. The van der Waals surface area contributed by atoms with E-state index in [9.17, 15) is 13.0 Å². The van der Waals surface area contributed by atoms with E-state index in [1.54, 1.807) is 24.3 Å². The van der Waals surface area contributed by atoms with Crippen molar-refractivity contribution >= 4 is 33.4 Å². The van der Waals surface area contributed by atoms with Gasteiger partial charge in [-0.3, -0.25) is 4.99 Å². The van der Waals surface area contributed by atoms with Gasteiger partial charge >= 0.3 is 29.6 Å². The first kappa shape index (κ1) is 20.4. The van der Waals surface area contributed by atoms with Crippen LogP contribution in [0.4, 0.5) is 17.1 Å². The zero-order chi connectivity index (χ0) is 17.7. The second-order valence-corrected chi connectivity index (χ2v) is 6.64. The zero-order valence-electron chi connectivity index (χ0n) is 14.2. The summed E-state index contributed by atoms with van der Waals surface area (Å²) < 4.78 is 33.8. The molecule has 7 heteroatoms. The Morgan fingerprint density at radius 2 is 1.38 bits per heavy atom. The van der Waals surface area contributed by atoms with Crippen molar-refractivity contribution in [3.8, 4) is 0 Å². The molecule has 3 aromatic rings. The Labute approximate surface area is 174 Å². The topological polar surface area (TPSA) is 81.6 Å². The van der Waals surface area contributed by atoms with E-state index in [4.69, 9.17) is 0 Å². The third kappa shape index (κ3) is 5.52. The Kier molecular flexibility index (Phi) is 7.14. The van der Waals surface area contributed by atoms with E-state index in [0.29, 0.717) is 5.69 Å². The number of hydrogen-bond acceptors (Lipinski definition) is 5. The average Bonchev–Trinajstić information content (AvgIpc) is 2.61. The number of nitrogens with one attached hydrogen (secondary N) is 1. The molecule has 3 rings (SSSR count). The Morgan fingerprint density at radius 1 is 0.808 bits per heavy atom. The first-order valence-corrected chi connectivity index (χ1v) is 8.94. The van der Waals surface area contributed by atoms with Crippen molar-refractivity contribution in [3.63, 3.8) is 0 Å².